The highest BCUT2D eigenvalue weighted by Crippen LogP contribution is 2.32. The van der Waals surface area contributed by atoms with Crippen LogP contribution in [0.3, 0.4) is 0 Å². The van der Waals surface area contributed by atoms with Gasteiger partial charge in [-0.1, -0.05) is 39.5 Å². The molecule has 0 N–H and O–H groups in total. The van der Waals surface area contributed by atoms with Gasteiger partial charge < -0.3 is 4.74 Å². The van der Waals surface area contributed by atoms with Crippen molar-refractivity contribution in [3.8, 4) is 11.4 Å². The van der Waals surface area contributed by atoms with E-state index in [1.807, 2.05) is 27.7 Å². The van der Waals surface area contributed by atoms with E-state index < -0.39 is 29.2 Å². The van der Waals surface area contributed by atoms with Gasteiger partial charge in [0.05, 0.1) is 29.6 Å². The van der Waals surface area contributed by atoms with Crippen molar-refractivity contribution in [3.05, 3.63) is 81.0 Å². The molecule has 0 aliphatic heterocycles. The van der Waals surface area contributed by atoms with Gasteiger partial charge in [-0.15, -0.1) is 0 Å². The minimum absolute atomic E-state index is 0.0914. The van der Waals surface area contributed by atoms with Gasteiger partial charge in [0, 0.05) is 32.1 Å². The van der Waals surface area contributed by atoms with Gasteiger partial charge in [0.1, 0.15) is 5.82 Å². The molecule has 0 amide bonds. The first-order valence-electron chi connectivity index (χ1n) is 13.8. The number of nitrogens with zero attached hydrogens (tertiary/aromatic N) is 6. The molecule has 12 heteroatoms. The molecule has 1 unspecified atom stereocenters. The van der Waals surface area contributed by atoms with Crippen LogP contribution in [0.5, 0.6) is 0 Å². The van der Waals surface area contributed by atoms with Crippen molar-refractivity contribution >= 4 is 11.2 Å². The van der Waals surface area contributed by atoms with E-state index in [0.29, 0.717) is 48.5 Å². The Kier molecular flexibility index (Phi) is 8.89. The smallest absolute Gasteiger partial charge is 0.416 e. The van der Waals surface area contributed by atoms with Gasteiger partial charge in [-0.05, 0) is 37.5 Å². The molecule has 0 bridgehead atoms. The molecule has 0 saturated carbocycles. The molecule has 3 heterocycles. The Morgan fingerprint density at radius 3 is 2.49 bits per heavy atom. The van der Waals surface area contributed by atoms with Crippen LogP contribution in [0.2, 0.25) is 0 Å². The first-order chi connectivity index (χ1) is 19.5. The zero-order valence-corrected chi connectivity index (χ0v) is 23.7. The summed E-state index contributed by atoms with van der Waals surface area (Å²) in [4.78, 5) is 31.8. The molecule has 9 nitrogen and oxygen atoms in total. The number of rotatable bonds is 12. The summed E-state index contributed by atoms with van der Waals surface area (Å²) >= 11 is 0. The number of hydrogen-bond acceptors (Lipinski definition) is 5. The summed E-state index contributed by atoms with van der Waals surface area (Å²) in [5, 5.41) is 4.37. The number of fused-ring (bicyclic) bond motifs is 1. The van der Waals surface area contributed by atoms with Crippen molar-refractivity contribution < 1.29 is 17.9 Å². The fourth-order valence-corrected chi connectivity index (χ4v) is 4.90. The van der Waals surface area contributed by atoms with Crippen LogP contribution in [0.15, 0.2) is 58.6 Å². The number of alkyl halides is 3. The van der Waals surface area contributed by atoms with E-state index in [-0.39, 0.29) is 24.3 Å². The molecule has 0 aliphatic rings. The van der Waals surface area contributed by atoms with Crippen molar-refractivity contribution in [1.82, 2.24) is 28.5 Å². The van der Waals surface area contributed by atoms with Crippen molar-refractivity contribution in [1.29, 1.82) is 0 Å². The third-order valence-electron chi connectivity index (χ3n) is 6.78. The van der Waals surface area contributed by atoms with E-state index in [1.54, 1.807) is 16.8 Å². The van der Waals surface area contributed by atoms with Gasteiger partial charge in [-0.2, -0.15) is 18.3 Å². The van der Waals surface area contributed by atoms with Crippen LogP contribution < -0.4 is 11.2 Å². The SMILES string of the molecule is C=C(CCC)OC(CC)n1c(-c2cnn(Cc3cccc(C(F)(F)F)c3)c2)nc2c1c(=O)n(CCC)c(=O)n2CC. The van der Waals surface area contributed by atoms with Crippen LogP contribution in [0.1, 0.15) is 70.7 Å². The summed E-state index contributed by atoms with van der Waals surface area (Å²) in [6.07, 6.45) is 0.620. The number of ether oxygens (including phenoxy) is 1. The molecule has 0 aliphatic carbocycles. The molecular formula is C29H35F3N6O3. The second-order valence-corrected chi connectivity index (χ2v) is 9.86. The van der Waals surface area contributed by atoms with Crippen LogP contribution in [-0.2, 0) is 30.5 Å². The summed E-state index contributed by atoms with van der Waals surface area (Å²) in [5.41, 5.74) is -0.221. The Morgan fingerprint density at radius 1 is 1.10 bits per heavy atom. The standard InChI is InChI=1S/C29H35F3N6O3/c1-6-11-19(5)41-23(8-3)38-24-26(36(9-4)28(40)37(14-7-2)27(24)39)34-25(38)21-16-33-35(18-21)17-20-12-10-13-22(15-20)29(30,31)32/h10,12-13,15-16,18,23H,5-9,11,14,17H2,1-4H3. The van der Waals surface area contributed by atoms with Crippen LogP contribution in [0, 0.1) is 0 Å². The van der Waals surface area contributed by atoms with Crippen LogP contribution in [-0.4, -0.2) is 28.5 Å². The summed E-state index contributed by atoms with van der Waals surface area (Å²) in [7, 11) is 0. The van der Waals surface area contributed by atoms with E-state index >= 15 is 0 Å². The molecule has 4 rings (SSSR count). The second kappa shape index (κ2) is 12.2. The topological polar surface area (TPSA) is 88.9 Å². The fourth-order valence-electron chi connectivity index (χ4n) is 4.90. The Balaban J connectivity index is 1.90. The minimum Gasteiger partial charge on any atom is -0.475 e. The Hall–Kier alpha value is -4.09. The highest BCUT2D eigenvalue weighted by molar-refractivity contribution is 5.77. The van der Waals surface area contributed by atoms with E-state index in [4.69, 9.17) is 9.72 Å². The van der Waals surface area contributed by atoms with Gasteiger partial charge >= 0.3 is 11.9 Å². The largest absolute Gasteiger partial charge is 0.475 e. The zero-order valence-electron chi connectivity index (χ0n) is 23.7. The zero-order chi connectivity index (χ0) is 29.9. The lowest BCUT2D eigenvalue weighted by Crippen LogP contribution is -2.40. The summed E-state index contributed by atoms with van der Waals surface area (Å²) in [6.45, 7) is 12.3. The molecular weight excluding hydrogens is 537 g/mol. The average molecular weight is 573 g/mol. The van der Waals surface area contributed by atoms with Crippen LogP contribution in [0.4, 0.5) is 13.2 Å². The molecule has 3 aromatic heterocycles. The van der Waals surface area contributed by atoms with Gasteiger partial charge in [-0.25, -0.2) is 9.78 Å². The quantitative estimate of drug-likeness (QED) is 0.196. The monoisotopic (exact) mass is 572 g/mol. The highest BCUT2D eigenvalue weighted by Gasteiger charge is 2.30. The molecule has 41 heavy (non-hydrogen) atoms. The van der Waals surface area contributed by atoms with E-state index in [0.717, 1.165) is 18.6 Å². The van der Waals surface area contributed by atoms with Gasteiger partial charge in [0.25, 0.3) is 5.56 Å². The molecule has 220 valence electrons. The van der Waals surface area contributed by atoms with E-state index in [1.165, 1.54) is 26.1 Å². The number of aromatic nitrogens is 6. The Labute approximate surface area is 235 Å². The van der Waals surface area contributed by atoms with Crippen molar-refractivity contribution in [2.45, 2.75) is 85.4 Å². The summed E-state index contributed by atoms with van der Waals surface area (Å²) < 4.78 is 51.8. The first-order valence-corrected chi connectivity index (χ1v) is 13.8. The minimum atomic E-state index is -4.45. The van der Waals surface area contributed by atoms with Crippen molar-refractivity contribution in [2.75, 3.05) is 0 Å². The maximum Gasteiger partial charge on any atom is 0.416 e. The Bertz CT molecular complexity index is 1660. The number of allylic oxidation sites excluding steroid dienone is 1. The molecule has 4 aromatic rings. The molecule has 0 saturated heterocycles. The predicted octanol–water partition coefficient (Wildman–Crippen LogP) is 5.96. The molecule has 0 spiro atoms. The molecule has 1 aromatic carbocycles. The second-order valence-electron chi connectivity index (χ2n) is 9.86. The number of aryl methyl sites for hydroxylation is 1. The summed E-state index contributed by atoms with van der Waals surface area (Å²) in [6, 6.07) is 5.07. The molecule has 0 radical (unpaired) electrons. The normalized spacial score (nSPS) is 12.7. The first kappa shape index (κ1) is 29.9. The van der Waals surface area contributed by atoms with Gasteiger partial charge in [-0.3, -0.25) is 23.2 Å². The van der Waals surface area contributed by atoms with E-state index in [9.17, 15) is 22.8 Å². The predicted molar refractivity (Wildman–Crippen MR) is 150 cm³/mol. The lowest BCUT2D eigenvalue weighted by atomic mass is 10.1. The molecule has 0 fully saturated rings. The highest BCUT2D eigenvalue weighted by atomic mass is 19.4. The van der Waals surface area contributed by atoms with Gasteiger partial charge in [0.2, 0.25) is 0 Å². The molecule has 1 atom stereocenters. The van der Waals surface area contributed by atoms with Crippen molar-refractivity contribution in [3.63, 3.8) is 0 Å². The fraction of sp³-hybridized carbons (Fsp3) is 0.448. The maximum absolute atomic E-state index is 13.8. The Morgan fingerprint density at radius 2 is 1.85 bits per heavy atom. The number of benzene rings is 1. The lowest BCUT2D eigenvalue weighted by Gasteiger charge is -2.23. The number of halogens is 3. The average Bonchev–Trinajstić information content (AvgIpc) is 3.55. The number of hydrogen-bond donors (Lipinski definition) is 0. The lowest BCUT2D eigenvalue weighted by molar-refractivity contribution is -0.137. The third-order valence-corrected chi connectivity index (χ3v) is 6.78. The van der Waals surface area contributed by atoms with Crippen LogP contribution in [0.25, 0.3) is 22.6 Å². The maximum atomic E-state index is 13.8. The van der Waals surface area contributed by atoms with E-state index in [2.05, 4.69) is 11.7 Å². The van der Waals surface area contributed by atoms with Gasteiger partial charge in [0.15, 0.2) is 17.4 Å². The number of imidazole rings is 1. The van der Waals surface area contributed by atoms with Crippen molar-refractivity contribution in [2.24, 2.45) is 0 Å². The van der Waals surface area contributed by atoms with Crippen LogP contribution >= 0.6 is 0 Å². The summed E-state index contributed by atoms with van der Waals surface area (Å²) in [5.74, 6) is 0.921. The third kappa shape index (κ3) is 6.01.